The molecule has 0 aromatic heterocycles. The number of carbonyl (C=O) groups is 2. The Morgan fingerprint density at radius 1 is 1.05 bits per heavy atom. The summed E-state index contributed by atoms with van der Waals surface area (Å²) in [6.45, 7) is 0.364. The lowest BCUT2D eigenvalue weighted by atomic mass is 10.1. The molecule has 2 aromatic rings. The van der Waals surface area contributed by atoms with Crippen molar-refractivity contribution < 1.29 is 19.1 Å². The second-order valence-corrected chi connectivity index (χ2v) is 4.49. The summed E-state index contributed by atoms with van der Waals surface area (Å²) in [5, 5.41) is 2.55. The third kappa shape index (κ3) is 4.24. The van der Waals surface area contributed by atoms with Crippen molar-refractivity contribution in [2.24, 2.45) is 5.73 Å². The lowest BCUT2D eigenvalue weighted by Gasteiger charge is -2.08. The van der Waals surface area contributed by atoms with E-state index in [1.165, 1.54) is 7.11 Å². The number of hydrogen-bond acceptors (Lipinski definition) is 4. The number of nitrogens with two attached hydrogens (primary N) is 1. The van der Waals surface area contributed by atoms with Gasteiger partial charge in [0.25, 0.3) is 0 Å². The second kappa shape index (κ2) is 7.12. The maximum absolute atomic E-state index is 11.1. The van der Waals surface area contributed by atoms with Crippen molar-refractivity contribution in [3.8, 4) is 5.75 Å². The van der Waals surface area contributed by atoms with Crippen LogP contribution in [-0.2, 0) is 11.3 Å². The van der Waals surface area contributed by atoms with Crippen molar-refractivity contribution in [3.05, 3.63) is 59.7 Å². The van der Waals surface area contributed by atoms with E-state index in [1.807, 2.05) is 0 Å². The second-order valence-electron chi connectivity index (χ2n) is 4.49. The molecule has 6 nitrogen and oxygen atoms in total. The first-order valence-corrected chi connectivity index (χ1v) is 6.55. The summed E-state index contributed by atoms with van der Waals surface area (Å²) in [6.07, 6.45) is -0.525. The Hall–Kier alpha value is -3.02. The number of rotatable bonds is 5. The van der Waals surface area contributed by atoms with Crippen LogP contribution >= 0.6 is 0 Å². The van der Waals surface area contributed by atoms with Crippen LogP contribution in [0.5, 0.6) is 5.75 Å². The summed E-state index contributed by atoms with van der Waals surface area (Å²) in [6, 6.07) is 13.8. The average Bonchev–Trinajstić information content (AvgIpc) is 2.54. The number of ether oxygens (including phenoxy) is 2. The van der Waals surface area contributed by atoms with E-state index < -0.39 is 12.0 Å². The third-order valence-corrected chi connectivity index (χ3v) is 2.93. The molecule has 114 valence electrons. The molecule has 0 saturated heterocycles. The summed E-state index contributed by atoms with van der Waals surface area (Å²) < 4.78 is 10.1. The molecule has 0 radical (unpaired) electrons. The van der Waals surface area contributed by atoms with E-state index in [0.717, 1.165) is 5.56 Å². The normalized spacial score (nSPS) is 9.86. The molecule has 0 spiro atoms. The van der Waals surface area contributed by atoms with Gasteiger partial charge in [-0.05, 0) is 42.0 Å². The van der Waals surface area contributed by atoms with Gasteiger partial charge in [0.1, 0.15) is 12.4 Å². The van der Waals surface area contributed by atoms with Crippen LogP contribution in [0.2, 0.25) is 0 Å². The molecule has 0 bridgehead atoms. The summed E-state index contributed by atoms with van der Waals surface area (Å²) >= 11 is 0. The highest BCUT2D eigenvalue weighted by Gasteiger charge is 2.02. The molecule has 2 rings (SSSR count). The zero-order chi connectivity index (χ0) is 15.9. The van der Waals surface area contributed by atoms with Crippen molar-refractivity contribution in [1.29, 1.82) is 0 Å². The predicted octanol–water partition coefficient (Wildman–Crippen LogP) is 2.54. The van der Waals surface area contributed by atoms with Crippen molar-refractivity contribution in [2.45, 2.75) is 6.61 Å². The van der Waals surface area contributed by atoms with Gasteiger partial charge >= 0.3 is 6.09 Å². The van der Waals surface area contributed by atoms with Gasteiger partial charge in [-0.3, -0.25) is 10.1 Å². The number of methoxy groups -OCH3 is 1. The van der Waals surface area contributed by atoms with Crippen LogP contribution in [0.1, 0.15) is 15.9 Å². The van der Waals surface area contributed by atoms with E-state index >= 15 is 0 Å². The Morgan fingerprint density at radius 3 is 2.23 bits per heavy atom. The van der Waals surface area contributed by atoms with E-state index in [4.69, 9.17) is 10.5 Å². The Kier molecular flexibility index (Phi) is 4.98. The highest BCUT2D eigenvalue weighted by atomic mass is 16.5. The molecular weight excluding hydrogens is 284 g/mol. The monoisotopic (exact) mass is 300 g/mol. The number of benzene rings is 2. The minimum Gasteiger partial charge on any atom is -0.489 e. The van der Waals surface area contributed by atoms with Gasteiger partial charge in [-0.15, -0.1) is 0 Å². The van der Waals surface area contributed by atoms with E-state index in [0.29, 0.717) is 23.6 Å². The molecule has 0 heterocycles. The number of amides is 2. The van der Waals surface area contributed by atoms with E-state index in [1.54, 1.807) is 48.5 Å². The van der Waals surface area contributed by atoms with Crippen LogP contribution in [0.15, 0.2) is 48.5 Å². The van der Waals surface area contributed by atoms with E-state index in [2.05, 4.69) is 10.1 Å². The van der Waals surface area contributed by atoms with Gasteiger partial charge in [-0.2, -0.15) is 0 Å². The fraction of sp³-hybridized carbons (Fsp3) is 0.125. The molecule has 6 heteroatoms. The zero-order valence-corrected chi connectivity index (χ0v) is 12.0. The minimum absolute atomic E-state index is 0.364. The Bertz CT molecular complexity index is 651. The first kappa shape index (κ1) is 15.4. The third-order valence-electron chi connectivity index (χ3n) is 2.93. The zero-order valence-electron chi connectivity index (χ0n) is 12.0. The van der Waals surface area contributed by atoms with Crippen molar-refractivity contribution >= 4 is 17.7 Å². The van der Waals surface area contributed by atoms with Gasteiger partial charge in [0.2, 0.25) is 5.91 Å². The minimum atomic E-state index is -0.525. The summed E-state index contributed by atoms with van der Waals surface area (Å²) in [5.74, 6) is 0.204. The standard InChI is InChI=1S/C16H16N2O4/c1-21-16(20)18-13-6-8-14(9-7-13)22-10-11-2-4-12(5-3-11)15(17)19/h2-9H,10H2,1H3,(H2,17,19)(H,18,20). The van der Waals surface area contributed by atoms with Gasteiger partial charge < -0.3 is 15.2 Å². The molecule has 0 unspecified atom stereocenters. The summed E-state index contributed by atoms with van der Waals surface area (Å²) in [7, 11) is 1.30. The Balaban J connectivity index is 1.91. The quantitative estimate of drug-likeness (QED) is 0.887. The van der Waals surface area contributed by atoms with Crippen LogP contribution in [0.3, 0.4) is 0 Å². The molecular formula is C16H16N2O4. The molecule has 22 heavy (non-hydrogen) atoms. The molecule has 0 aliphatic rings. The smallest absolute Gasteiger partial charge is 0.411 e. The number of nitrogens with one attached hydrogen (secondary N) is 1. The fourth-order valence-electron chi connectivity index (χ4n) is 1.74. The predicted molar refractivity (Wildman–Crippen MR) is 81.8 cm³/mol. The fourth-order valence-corrected chi connectivity index (χ4v) is 1.74. The first-order valence-electron chi connectivity index (χ1n) is 6.55. The van der Waals surface area contributed by atoms with Crippen molar-refractivity contribution in [1.82, 2.24) is 0 Å². The summed E-state index contributed by atoms with van der Waals surface area (Å²) in [4.78, 5) is 22.0. The van der Waals surface area contributed by atoms with E-state index in [-0.39, 0.29) is 0 Å². The number of anilines is 1. The van der Waals surface area contributed by atoms with Crippen LogP contribution < -0.4 is 15.8 Å². The average molecular weight is 300 g/mol. The SMILES string of the molecule is COC(=O)Nc1ccc(OCc2ccc(C(N)=O)cc2)cc1. The van der Waals surface area contributed by atoms with Crippen molar-refractivity contribution in [2.75, 3.05) is 12.4 Å². The van der Waals surface area contributed by atoms with Gasteiger partial charge in [-0.1, -0.05) is 12.1 Å². The largest absolute Gasteiger partial charge is 0.489 e. The van der Waals surface area contributed by atoms with Crippen LogP contribution in [-0.4, -0.2) is 19.1 Å². The molecule has 2 amide bonds. The lowest BCUT2D eigenvalue weighted by Crippen LogP contribution is -2.11. The van der Waals surface area contributed by atoms with Gasteiger partial charge in [0, 0.05) is 11.3 Å². The van der Waals surface area contributed by atoms with Crippen LogP contribution in [0, 0.1) is 0 Å². The Labute approximate surface area is 127 Å². The maximum atomic E-state index is 11.1. The van der Waals surface area contributed by atoms with Crippen molar-refractivity contribution in [3.63, 3.8) is 0 Å². The molecule has 0 saturated carbocycles. The molecule has 0 aliphatic heterocycles. The highest BCUT2D eigenvalue weighted by molar-refractivity contribution is 5.92. The highest BCUT2D eigenvalue weighted by Crippen LogP contribution is 2.17. The van der Waals surface area contributed by atoms with Crippen LogP contribution in [0.4, 0.5) is 10.5 Å². The molecule has 0 aliphatic carbocycles. The molecule has 0 fully saturated rings. The number of hydrogen-bond donors (Lipinski definition) is 2. The van der Waals surface area contributed by atoms with Crippen LogP contribution in [0.25, 0.3) is 0 Å². The van der Waals surface area contributed by atoms with Gasteiger partial charge in [0.15, 0.2) is 0 Å². The number of carbonyl (C=O) groups excluding carboxylic acids is 2. The first-order chi connectivity index (χ1) is 10.6. The topological polar surface area (TPSA) is 90.7 Å². The maximum Gasteiger partial charge on any atom is 0.411 e. The van der Waals surface area contributed by atoms with E-state index in [9.17, 15) is 9.59 Å². The van der Waals surface area contributed by atoms with Gasteiger partial charge in [0.05, 0.1) is 7.11 Å². The Morgan fingerprint density at radius 2 is 1.68 bits per heavy atom. The number of primary amides is 1. The molecule has 3 N–H and O–H groups in total. The lowest BCUT2D eigenvalue weighted by molar-refractivity contribution is 0.1000. The molecule has 2 aromatic carbocycles. The van der Waals surface area contributed by atoms with Gasteiger partial charge in [-0.25, -0.2) is 4.79 Å². The summed E-state index contributed by atoms with van der Waals surface area (Å²) in [5.41, 5.74) is 7.17. The molecule has 0 atom stereocenters.